The fourth-order valence-corrected chi connectivity index (χ4v) is 1.58. The topological polar surface area (TPSA) is 79.8 Å². The van der Waals surface area contributed by atoms with Gasteiger partial charge in [-0.15, -0.1) is 0 Å². The number of carbonyl (C=O) groups excluding carboxylic acids is 1. The van der Waals surface area contributed by atoms with E-state index in [0.29, 0.717) is 12.4 Å². The molecular formula is C14H17N5O. The molecule has 0 bridgehead atoms. The second kappa shape index (κ2) is 6.60. The normalized spacial score (nSPS) is 10.3. The van der Waals surface area contributed by atoms with Crippen LogP contribution in [0.1, 0.15) is 30.0 Å². The van der Waals surface area contributed by atoms with Crippen molar-refractivity contribution >= 4 is 11.7 Å². The zero-order valence-corrected chi connectivity index (χ0v) is 11.5. The monoisotopic (exact) mass is 271 g/mol. The zero-order chi connectivity index (χ0) is 14.4. The molecule has 0 unspecified atom stereocenters. The maximum atomic E-state index is 11.9. The van der Waals surface area contributed by atoms with Crippen LogP contribution < -0.4 is 10.6 Å². The molecule has 2 aromatic rings. The summed E-state index contributed by atoms with van der Waals surface area (Å²) < 4.78 is 0. The molecule has 0 aromatic carbocycles. The molecule has 0 atom stereocenters. The molecular weight excluding hydrogens is 254 g/mol. The van der Waals surface area contributed by atoms with E-state index in [2.05, 4.69) is 25.6 Å². The summed E-state index contributed by atoms with van der Waals surface area (Å²) in [5.74, 6) is 0.389. The van der Waals surface area contributed by atoms with Gasteiger partial charge in [0.15, 0.2) is 0 Å². The number of hydrogen-bond acceptors (Lipinski definition) is 5. The minimum Gasteiger partial charge on any atom is -0.367 e. The first-order valence-electron chi connectivity index (χ1n) is 6.42. The SMILES string of the molecule is CC(C)Nc1cnc(C(=O)NCc2ccccn2)cn1. The summed E-state index contributed by atoms with van der Waals surface area (Å²) >= 11 is 0. The second-order valence-electron chi connectivity index (χ2n) is 4.59. The van der Waals surface area contributed by atoms with Crippen molar-refractivity contribution in [1.29, 1.82) is 0 Å². The van der Waals surface area contributed by atoms with Crippen molar-refractivity contribution in [2.24, 2.45) is 0 Å². The summed E-state index contributed by atoms with van der Waals surface area (Å²) in [5.41, 5.74) is 1.09. The lowest BCUT2D eigenvalue weighted by molar-refractivity contribution is 0.0945. The Labute approximate surface area is 117 Å². The van der Waals surface area contributed by atoms with Gasteiger partial charge in [-0.25, -0.2) is 9.97 Å². The quantitative estimate of drug-likeness (QED) is 0.864. The number of nitrogens with one attached hydrogen (secondary N) is 2. The smallest absolute Gasteiger partial charge is 0.271 e. The van der Waals surface area contributed by atoms with Gasteiger partial charge in [0.2, 0.25) is 0 Å². The Morgan fingerprint density at radius 3 is 2.65 bits per heavy atom. The fourth-order valence-electron chi connectivity index (χ4n) is 1.58. The average Bonchev–Trinajstić information content (AvgIpc) is 2.46. The van der Waals surface area contributed by atoms with Crippen LogP contribution in [0.25, 0.3) is 0 Å². The Kier molecular flexibility index (Phi) is 4.60. The van der Waals surface area contributed by atoms with Crippen molar-refractivity contribution in [3.8, 4) is 0 Å². The first kappa shape index (κ1) is 13.9. The van der Waals surface area contributed by atoms with Crippen molar-refractivity contribution in [2.75, 3.05) is 5.32 Å². The van der Waals surface area contributed by atoms with E-state index in [1.165, 1.54) is 6.20 Å². The molecule has 6 heteroatoms. The van der Waals surface area contributed by atoms with E-state index in [4.69, 9.17) is 0 Å². The van der Waals surface area contributed by atoms with E-state index >= 15 is 0 Å². The summed E-state index contributed by atoms with van der Waals surface area (Å²) in [6.07, 6.45) is 4.70. The maximum Gasteiger partial charge on any atom is 0.271 e. The van der Waals surface area contributed by atoms with Crippen LogP contribution in [0, 0.1) is 0 Å². The molecule has 0 radical (unpaired) electrons. The molecule has 0 aliphatic carbocycles. The highest BCUT2D eigenvalue weighted by atomic mass is 16.1. The van der Waals surface area contributed by atoms with E-state index in [1.54, 1.807) is 12.4 Å². The molecule has 1 amide bonds. The Morgan fingerprint density at radius 1 is 1.20 bits per heavy atom. The third-order valence-electron chi connectivity index (χ3n) is 2.48. The van der Waals surface area contributed by atoms with E-state index in [1.807, 2.05) is 32.0 Å². The average molecular weight is 271 g/mol. The highest BCUT2D eigenvalue weighted by Gasteiger charge is 2.08. The molecule has 0 aliphatic rings. The maximum absolute atomic E-state index is 11.9. The van der Waals surface area contributed by atoms with Gasteiger partial charge in [0.05, 0.1) is 24.6 Å². The van der Waals surface area contributed by atoms with Gasteiger partial charge in [0.1, 0.15) is 11.5 Å². The number of anilines is 1. The highest BCUT2D eigenvalue weighted by molar-refractivity contribution is 5.91. The predicted molar refractivity (Wildman–Crippen MR) is 76.2 cm³/mol. The van der Waals surface area contributed by atoms with Crippen molar-refractivity contribution in [1.82, 2.24) is 20.3 Å². The Bertz CT molecular complexity index is 554. The van der Waals surface area contributed by atoms with Crippen LogP contribution in [-0.4, -0.2) is 26.9 Å². The van der Waals surface area contributed by atoms with Crippen LogP contribution in [0.15, 0.2) is 36.8 Å². The lowest BCUT2D eigenvalue weighted by Gasteiger charge is -2.08. The van der Waals surface area contributed by atoms with Gasteiger partial charge >= 0.3 is 0 Å². The van der Waals surface area contributed by atoms with Gasteiger partial charge < -0.3 is 10.6 Å². The van der Waals surface area contributed by atoms with E-state index in [9.17, 15) is 4.79 Å². The van der Waals surface area contributed by atoms with Gasteiger partial charge in [-0.3, -0.25) is 9.78 Å². The van der Waals surface area contributed by atoms with Crippen molar-refractivity contribution < 1.29 is 4.79 Å². The molecule has 20 heavy (non-hydrogen) atoms. The number of hydrogen-bond donors (Lipinski definition) is 2. The third-order valence-corrected chi connectivity index (χ3v) is 2.48. The Morgan fingerprint density at radius 2 is 2.05 bits per heavy atom. The summed E-state index contributed by atoms with van der Waals surface area (Å²) in [4.78, 5) is 24.3. The highest BCUT2D eigenvalue weighted by Crippen LogP contribution is 2.03. The first-order chi connectivity index (χ1) is 9.65. The van der Waals surface area contributed by atoms with Crippen LogP contribution >= 0.6 is 0 Å². The molecule has 0 fully saturated rings. The minimum absolute atomic E-state index is 0.265. The summed E-state index contributed by atoms with van der Waals surface area (Å²) in [5, 5.41) is 5.86. The van der Waals surface area contributed by atoms with Gasteiger partial charge in [0, 0.05) is 12.2 Å². The number of rotatable bonds is 5. The van der Waals surface area contributed by atoms with Crippen LogP contribution in [0.5, 0.6) is 0 Å². The molecule has 0 aliphatic heterocycles. The number of aromatic nitrogens is 3. The van der Waals surface area contributed by atoms with Crippen LogP contribution in [0.2, 0.25) is 0 Å². The minimum atomic E-state index is -0.265. The number of amides is 1. The lowest BCUT2D eigenvalue weighted by Crippen LogP contribution is -2.24. The number of nitrogens with zero attached hydrogens (tertiary/aromatic N) is 3. The van der Waals surface area contributed by atoms with E-state index < -0.39 is 0 Å². The molecule has 2 heterocycles. The Hall–Kier alpha value is -2.50. The van der Waals surface area contributed by atoms with Crippen molar-refractivity contribution in [2.45, 2.75) is 26.4 Å². The van der Waals surface area contributed by atoms with Crippen LogP contribution in [-0.2, 0) is 6.54 Å². The summed E-state index contributed by atoms with van der Waals surface area (Å²) in [7, 11) is 0. The second-order valence-corrected chi connectivity index (χ2v) is 4.59. The summed E-state index contributed by atoms with van der Waals surface area (Å²) in [6, 6.07) is 5.83. The van der Waals surface area contributed by atoms with Gasteiger partial charge in [-0.1, -0.05) is 6.07 Å². The van der Waals surface area contributed by atoms with Crippen LogP contribution in [0.3, 0.4) is 0 Å². The summed E-state index contributed by atoms with van der Waals surface area (Å²) in [6.45, 7) is 4.39. The molecule has 6 nitrogen and oxygen atoms in total. The van der Waals surface area contributed by atoms with Gasteiger partial charge in [0.25, 0.3) is 5.91 Å². The fraction of sp³-hybridized carbons (Fsp3) is 0.286. The molecule has 0 saturated carbocycles. The zero-order valence-electron chi connectivity index (χ0n) is 11.5. The molecule has 104 valence electrons. The van der Waals surface area contributed by atoms with Gasteiger partial charge in [-0.05, 0) is 26.0 Å². The molecule has 0 spiro atoms. The standard InChI is InChI=1S/C14H17N5O/c1-10(2)19-13-9-16-12(8-17-13)14(20)18-7-11-5-3-4-6-15-11/h3-6,8-10H,7H2,1-2H3,(H,17,19)(H,18,20). The number of pyridine rings is 1. The largest absolute Gasteiger partial charge is 0.367 e. The lowest BCUT2D eigenvalue weighted by atomic mass is 10.3. The molecule has 2 N–H and O–H groups in total. The van der Waals surface area contributed by atoms with E-state index in [-0.39, 0.29) is 17.6 Å². The van der Waals surface area contributed by atoms with Gasteiger partial charge in [-0.2, -0.15) is 0 Å². The van der Waals surface area contributed by atoms with Crippen LogP contribution in [0.4, 0.5) is 5.82 Å². The third kappa shape index (κ3) is 4.01. The van der Waals surface area contributed by atoms with E-state index in [0.717, 1.165) is 5.69 Å². The predicted octanol–water partition coefficient (Wildman–Crippen LogP) is 1.62. The Balaban J connectivity index is 1.92. The molecule has 2 aromatic heterocycles. The molecule has 2 rings (SSSR count). The first-order valence-corrected chi connectivity index (χ1v) is 6.42. The molecule has 0 saturated heterocycles. The van der Waals surface area contributed by atoms with Crippen molar-refractivity contribution in [3.63, 3.8) is 0 Å². The van der Waals surface area contributed by atoms with Crippen molar-refractivity contribution in [3.05, 3.63) is 48.2 Å². The number of carbonyl (C=O) groups is 1.